The molecule has 1 N–H and O–H groups in total. The van der Waals surface area contributed by atoms with Crippen molar-refractivity contribution in [1.29, 1.82) is 0 Å². The first-order chi connectivity index (χ1) is 13.2. The molecule has 1 atom stereocenters. The number of hydrogen-bond donors (Lipinski definition) is 1. The minimum atomic E-state index is -0.440. The summed E-state index contributed by atoms with van der Waals surface area (Å²) in [4.78, 5) is 29.4. The van der Waals surface area contributed by atoms with Crippen molar-refractivity contribution in [2.45, 2.75) is 19.1 Å². The number of hydrogen-bond acceptors (Lipinski definition) is 7. The maximum atomic E-state index is 12.7. The van der Waals surface area contributed by atoms with Crippen LogP contribution < -0.4 is 10.1 Å². The van der Waals surface area contributed by atoms with Crippen LogP contribution in [0.2, 0.25) is 0 Å². The van der Waals surface area contributed by atoms with Gasteiger partial charge < -0.3 is 14.8 Å². The minimum absolute atomic E-state index is 0.0722. The van der Waals surface area contributed by atoms with Crippen molar-refractivity contribution in [2.75, 3.05) is 7.11 Å². The van der Waals surface area contributed by atoms with Crippen LogP contribution in [0.1, 0.15) is 33.4 Å². The molecule has 0 fully saturated rings. The smallest absolute Gasteiger partial charge is 0.307 e. The lowest BCUT2D eigenvalue weighted by molar-refractivity contribution is -0.141. The van der Waals surface area contributed by atoms with Crippen LogP contribution in [0.4, 0.5) is 0 Å². The molecule has 0 aliphatic heterocycles. The number of nitrogens with one attached hydrogen (secondary N) is 1. The van der Waals surface area contributed by atoms with Crippen LogP contribution in [0.15, 0.2) is 52.7 Å². The van der Waals surface area contributed by atoms with E-state index in [1.54, 1.807) is 29.8 Å². The van der Waals surface area contributed by atoms with Gasteiger partial charge in [-0.15, -0.1) is 22.7 Å². The molecular formula is C19H18N2O4S2. The minimum Gasteiger partial charge on any atom is -0.487 e. The van der Waals surface area contributed by atoms with Gasteiger partial charge in [-0.1, -0.05) is 12.1 Å². The zero-order valence-corrected chi connectivity index (χ0v) is 16.2. The number of thiazole rings is 1. The fourth-order valence-corrected chi connectivity index (χ4v) is 3.72. The molecule has 0 saturated carbocycles. The number of aromatic nitrogens is 1. The molecular weight excluding hydrogens is 384 g/mol. The average Bonchev–Trinajstić information content (AvgIpc) is 3.39. The Bertz CT molecular complexity index is 879. The normalized spacial score (nSPS) is 11.6. The second kappa shape index (κ2) is 9.29. The SMILES string of the molecule is COC(=O)CC(NC(=O)c1cccc(OCc2cscn2)c1)c1cccs1. The topological polar surface area (TPSA) is 77.5 Å². The molecule has 8 heteroatoms. The number of benzene rings is 1. The van der Waals surface area contributed by atoms with Crippen molar-refractivity contribution in [3.8, 4) is 5.75 Å². The van der Waals surface area contributed by atoms with Gasteiger partial charge in [0.05, 0.1) is 30.8 Å². The number of carbonyl (C=O) groups is 2. The van der Waals surface area contributed by atoms with Crippen LogP contribution in [0, 0.1) is 0 Å². The lowest BCUT2D eigenvalue weighted by Gasteiger charge is -2.17. The Morgan fingerprint density at radius 2 is 2.15 bits per heavy atom. The summed E-state index contributed by atoms with van der Waals surface area (Å²) < 4.78 is 10.4. The van der Waals surface area contributed by atoms with E-state index in [1.807, 2.05) is 22.9 Å². The van der Waals surface area contributed by atoms with Gasteiger partial charge in [-0.05, 0) is 29.6 Å². The Hall–Kier alpha value is -2.71. The molecule has 3 aromatic rings. The predicted octanol–water partition coefficient (Wildman–Crippen LogP) is 3.82. The third kappa shape index (κ3) is 5.38. The number of nitrogens with zero attached hydrogens (tertiary/aromatic N) is 1. The first-order valence-electron chi connectivity index (χ1n) is 8.16. The van der Waals surface area contributed by atoms with Gasteiger partial charge in [-0.25, -0.2) is 4.98 Å². The van der Waals surface area contributed by atoms with Crippen molar-refractivity contribution in [2.24, 2.45) is 0 Å². The summed E-state index contributed by atoms with van der Waals surface area (Å²) in [5.41, 5.74) is 3.04. The second-order valence-electron chi connectivity index (χ2n) is 5.62. The number of carbonyl (C=O) groups excluding carboxylic acids is 2. The molecule has 0 spiro atoms. The van der Waals surface area contributed by atoms with Gasteiger partial charge in [0, 0.05) is 15.8 Å². The Balaban J connectivity index is 1.68. The Morgan fingerprint density at radius 3 is 2.85 bits per heavy atom. The van der Waals surface area contributed by atoms with Gasteiger partial charge in [-0.2, -0.15) is 0 Å². The van der Waals surface area contributed by atoms with Crippen LogP contribution in [0.3, 0.4) is 0 Å². The standard InChI is InChI=1S/C19H18N2O4S2/c1-24-18(22)9-16(17-6-3-7-27-17)21-19(23)13-4-2-5-15(8-13)25-10-14-11-26-12-20-14/h2-8,11-12,16H,9-10H2,1H3,(H,21,23). The summed E-state index contributed by atoms with van der Waals surface area (Å²) in [5, 5.41) is 6.72. The fourth-order valence-electron chi connectivity index (χ4n) is 2.40. The molecule has 1 aromatic carbocycles. The van der Waals surface area contributed by atoms with Gasteiger partial charge in [0.15, 0.2) is 0 Å². The van der Waals surface area contributed by atoms with E-state index in [0.29, 0.717) is 17.9 Å². The molecule has 0 radical (unpaired) electrons. The number of esters is 1. The highest BCUT2D eigenvalue weighted by molar-refractivity contribution is 7.10. The van der Waals surface area contributed by atoms with E-state index in [4.69, 9.17) is 9.47 Å². The van der Waals surface area contributed by atoms with Crippen LogP contribution in [0.5, 0.6) is 5.75 Å². The zero-order chi connectivity index (χ0) is 19.1. The Kier molecular flexibility index (Phi) is 6.56. The third-order valence-corrected chi connectivity index (χ3v) is 5.38. The summed E-state index contributed by atoms with van der Waals surface area (Å²) in [5.74, 6) is -0.0817. The van der Waals surface area contributed by atoms with Gasteiger partial charge in [-0.3, -0.25) is 9.59 Å². The number of ether oxygens (including phenoxy) is 2. The molecule has 0 bridgehead atoms. The highest BCUT2D eigenvalue weighted by Crippen LogP contribution is 2.23. The molecule has 0 saturated heterocycles. The molecule has 2 aromatic heterocycles. The average molecular weight is 402 g/mol. The van der Waals surface area contributed by atoms with Gasteiger partial charge in [0.2, 0.25) is 0 Å². The van der Waals surface area contributed by atoms with Gasteiger partial charge in [0.1, 0.15) is 12.4 Å². The first-order valence-corrected chi connectivity index (χ1v) is 9.99. The van der Waals surface area contributed by atoms with Gasteiger partial charge >= 0.3 is 5.97 Å². The molecule has 1 amide bonds. The van der Waals surface area contributed by atoms with Crippen molar-refractivity contribution in [1.82, 2.24) is 10.3 Å². The van der Waals surface area contributed by atoms with E-state index in [0.717, 1.165) is 10.6 Å². The molecule has 2 heterocycles. The van der Waals surface area contributed by atoms with Crippen LogP contribution in [-0.2, 0) is 16.1 Å². The quantitative estimate of drug-likeness (QED) is 0.580. The molecule has 6 nitrogen and oxygen atoms in total. The van der Waals surface area contributed by atoms with E-state index in [-0.39, 0.29) is 18.3 Å². The highest BCUT2D eigenvalue weighted by Gasteiger charge is 2.20. The van der Waals surface area contributed by atoms with E-state index < -0.39 is 6.04 Å². The van der Waals surface area contributed by atoms with Crippen LogP contribution in [-0.4, -0.2) is 24.0 Å². The summed E-state index contributed by atoms with van der Waals surface area (Å²) in [6.07, 6.45) is 0.0722. The Morgan fingerprint density at radius 1 is 1.26 bits per heavy atom. The summed E-state index contributed by atoms with van der Waals surface area (Å²) in [6, 6.07) is 10.2. The highest BCUT2D eigenvalue weighted by atomic mass is 32.1. The molecule has 27 heavy (non-hydrogen) atoms. The van der Waals surface area contributed by atoms with E-state index in [9.17, 15) is 9.59 Å². The van der Waals surface area contributed by atoms with E-state index >= 15 is 0 Å². The monoisotopic (exact) mass is 402 g/mol. The summed E-state index contributed by atoms with van der Waals surface area (Å²) >= 11 is 2.98. The first kappa shape index (κ1) is 19.1. The van der Waals surface area contributed by atoms with Crippen molar-refractivity contribution in [3.05, 3.63) is 68.8 Å². The summed E-state index contributed by atoms with van der Waals surface area (Å²) in [7, 11) is 1.33. The lowest BCUT2D eigenvalue weighted by atomic mass is 10.1. The Labute approximate surface area is 164 Å². The van der Waals surface area contributed by atoms with Crippen molar-refractivity contribution >= 4 is 34.6 Å². The van der Waals surface area contributed by atoms with Crippen molar-refractivity contribution in [3.63, 3.8) is 0 Å². The van der Waals surface area contributed by atoms with Crippen molar-refractivity contribution < 1.29 is 19.1 Å². The van der Waals surface area contributed by atoms with Crippen LogP contribution >= 0.6 is 22.7 Å². The molecule has 0 aliphatic carbocycles. The molecule has 1 unspecified atom stereocenters. The maximum absolute atomic E-state index is 12.7. The zero-order valence-electron chi connectivity index (χ0n) is 14.6. The van der Waals surface area contributed by atoms with E-state index in [2.05, 4.69) is 10.3 Å². The maximum Gasteiger partial charge on any atom is 0.307 e. The fraction of sp³-hybridized carbons (Fsp3) is 0.211. The summed E-state index contributed by atoms with van der Waals surface area (Å²) in [6.45, 7) is 0.342. The van der Waals surface area contributed by atoms with Crippen LogP contribution in [0.25, 0.3) is 0 Å². The lowest BCUT2D eigenvalue weighted by Crippen LogP contribution is -2.30. The second-order valence-corrected chi connectivity index (χ2v) is 7.32. The number of amides is 1. The third-order valence-electron chi connectivity index (χ3n) is 3.76. The molecule has 140 valence electrons. The number of thiophene rings is 1. The predicted molar refractivity (Wildman–Crippen MR) is 104 cm³/mol. The van der Waals surface area contributed by atoms with Gasteiger partial charge in [0.25, 0.3) is 5.91 Å². The largest absolute Gasteiger partial charge is 0.487 e. The number of methoxy groups -OCH3 is 1. The molecule has 3 rings (SSSR count). The van der Waals surface area contributed by atoms with E-state index in [1.165, 1.54) is 29.8 Å². The molecule has 0 aliphatic rings. The number of rotatable bonds is 8.